The Labute approximate surface area is 164 Å². The number of nitrogens with one attached hydrogen (secondary N) is 1. The number of amides is 2. The van der Waals surface area contributed by atoms with Crippen LogP contribution in [0.3, 0.4) is 0 Å². The van der Waals surface area contributed by atoms with Crippen molar-refractivity contribution in [2.24, 2.45) is 5.41 Å². The summed E-state index contributed by atoms with van der Waals surface area (Å²) in [5, 5.41) is 2.79. The van der Waals surface area contributed by atoms with Gasteiger partial charge in [-0.25, -0.2) is 0 Å². The Hall–Kier alpha value is -3.28. The maximum Gasteiger partial charge on any atom is 0.262 e. The molecule has 0 aromatic heterocycles. The third kappa shape index (κ3) is 4.34. The summed E-state index contributed by atoms with van der Waals surface area (Å²) in [5.74, 6) is 0.863. The third-order valence-electron chi connectivity index (χ3n) is 4.37. The Morgan fingerprint density at radius 2 is 2.04 bits per heavy atom. The lowest BCUT2D eigenvalue weighted by Crippen LogP contribution is -2.42. The number of benzene rings is 2. The van der Waals surface area contributed by atoms with E-state index in [2.05, 4.69) is 11.9 Å². The summed E-state index contributed by atoms with van der Waals surface area (Å²) in [6.07, 6.45) is 1.68. The number of anilines is 2. The van der Waals surface area contributed by atoms with Crippen molar-refractivity contribution < 1.29 is 19.1 Å². The maximum absolute atomic E-state index is 12.8. The van der Waals surface area contributed by atoms with Gasteiger partial charge in [0.05, 0.1) is 11.1 Å². The maximum atomic E-state index is 12.8. The molecule has 1 heterocycles. The predicted octanol–water partition coefficient (Wildman–Crippen LogP) is 3.64. The first kappa shape index (κ1) is 19.5. The van der Waals surface area contributed by atoms with E-state index in [4.69, 9.17) is 9.47 Å². The third-order valence-corrected chi connectivity index (χ3v) is 4.37. The van der Waals surface area contributed by atoms with Crippen LogP contribution in [0.2, 0.25) is 0 Å². The van der Waals surface area contributed by atoms with Gasteiger partial charge in [-0.2, -0.15) is 0 Å². The van der Waals surface area contributed by atoms with E-state index in [1.54, 1.807) is 41.3 Å². The summed E-state index contributed by atoms with van der Waals surface area (Å²) in [6.45, 7) is 7.97. The summed E-state index contributed by atoms with van der Waals surface area (Å²) in [6, 6.07) is 14.4. The molecule has 2 aromatic carbocycles. The lowest BCUT2D eigenvalue weighted by molar-refractivity contribution is -0.127. The lowest BCUT2D eigenvalue weighted by Gasteiger charge is -2.27. The number of para-hydroxylation sites is 1. The van der Waals surface area contributed by atoms with Gasteiger partial charge in [-0.1, -0.05) is 24.3 Å². The van der Waals surface area contributed by atoms with E-state index < -0.39 is 5.41 Å². The molecular weight excluding hydrogens is 356 g/mol. The van der Waals surface area contributed by atoms with Crippen molar-refractivity contribution >= 4 is 23.2 Å². The SMILES string of the molecule is C=CCN1C(=O)C(C)(C)COc2cc(NC(=O)COc3ccccc3)ccc21. The van der Waals surface area contributed by atoms with Crippen LogP contribution in [0.1, 0.15) is 13.8 Å². The zero-order valence-electron chi connectivity index (χ0n) is 16.1. The Kier molecular flexibility index (Phi) is 5.68. The number of carbonyl (C=O) groups is 2. The molecular formula is C22H24N2O4. The highest BCUT2D eigenvalue weighted by Gasteiger charge is 2.37. The Bertz CT molecular complexity index is 877. The van der Waals surface area contributed by atoms with Gasteiger partial charge in [-0.3, -0.25) is 9.59 Å². The van der Waals surface area contributed by atoms with Crippen LogP contribution in [0, 0.1) is 5.41 Å². The first-order valence-corrected chi connectivity index (χ1v) is 9.08. The standard InChI is InChI=1S/C22H24N2O4/c1-4-12-24-18-11-10-16(13-19(18)28-15-22(2,3)21(24)26)23-20(25)14-27-17-8-6-5-7-9-17/h4-11,13H,1,12,14-15H2,2-3H3,(H,23,25). The molecule has 0 saturated carbocycles. The van der Waals surface area contributed by atoms with Crippen LogP contribution < -0.4 is 19.7 Å². The molecule has 6 nitrogen and oxygen atoms in total. The quantitative estimate of drug-likeness (QED) is 0.777. The second-order valence-electron chi connectivity index (χ2n) is 7.21. The highest BCUT2D eigenvalue weighted by molar-refractivity contribution is 6.00. The molecule has 0 aliphatic carbocycles. The molecule has 6 heteroatoms. The number of ether oxygens (including phenoxy) is 2. The summed E-state index contributed by atoms with van der Waals surface area (Å²) < 4.78 is 11.3. The van der Waals surface area contributed by atoms with E-state index in [9.17, 15) is 9.59 Å². The zero-order valence-corrected chi connectivity index (χ0v) is 16.1. The van der Waals surface area contributed by atoms with Crippen molar-refractivity contribution in [3.63, 3.8) is 0 Å². The molecule has 2 amide bonds. The van der Waals surface area contributed by atoms with Crippen LogP contribution in [-0.2, 0) is 9.59 Å². The molecule has 0 unspecified atom stereocenters. The van der Waals surface area contributed by atoms with Gasteiger partial charge in [0.15, 0.2) is 6.61 Å². The molecule has 2 aromatic rings. The normalized spacial score (nSPS) is 15.1. The zero-order chi connectivity index (χ0) is 20.1. The molecule has 0 atom stereocenters. The van der Waals surface area contributed by atoms with E-state index in [1.165, 1.54) is 0 Å². The Morgan fingerprint density at radius 3 is 2.75 bits per heavy atom. The van der Waals surface area contributed by atoms with Crippen molar-refractivity contribution in [3.05, 3.63) is 61.2 Å². The van der Waals surface area contributed by atoms with Gasteiger partial charge in [-0.15, -0.1) is 6.58 Å². The monoisotopic (exact) mass is 380 g/mol. The van der Waals surface area contributed by atoms with Crippen LogP contribution in [0.4, 0.5) is 11.4 Å². The molecule has 1 aliphatic rings. The minimum Gasteiger partial charge on any atom is -0.490 e. The van der Waals surface area contributed by atoms with Gasteiger partial charge >= 0.3 is 0 Å². The molecule has 1 N–H and O–H groups in total. The van der Waals surface area contributed by atoms with Gasteiger partial charge in [0.2, 0.25) is 5.91 Å². The second-order valence-corrected chi connectivity index (χ2v) is 7.21. The molecule has 146 valence electrons. The molecule has 1 aliphatic heterocycles. The molecule has 0 spiro atoms. The molecule has 0 saturated heterocycles. The van der Waals surface area contributed by atoms with Crippen molar-refractivity contribution in [2.45, 2.75) is 13.8 Å². The summed E-state index contributed by atoms with van der Waals surface area (Å²) >= 11 is 0. The van der Waals surface area contributed by atoms with Gasteiger partial charge in [0.1, 0.15) is 18.1 Å². The average Bonchev–Trinajstić information content (AvgIpc) is 2.78. The van der Waals surface area contributed by atoms with Crippen LogP contribution in [0.25, 0.3) is 0 Å². The fourth-order valence-electron chi connectivity index (χ4n) is 2.90. The first-order chi connectivity index (χ1) is 13.4. The van der Waals surface area contributed by atoms with Crippen molar-refractivity contribution in [1.82, 2.24) is 0 Å². The highest BCUT2D eigenvalue weighted by atomic mass is 16.5. The van der Waals surface area contributed by atoms with Crippen molar-refractivity contribution in [3.8, 4) is 11.5 Å². The summed E-state index contributed by atoms with van der Waals surface area (Å²) in [5.41, 5.74) is 0.578. The number of nitrogens with zero attached hydrogens (tertiary/aromatic N) is 1. The molecule has 0 fully saturated rings. The van der Waals surface area contributed by atoms with E-state index in [0.29, 0.717) is 29.4 Å². The molecule has 0 radical (unpaired) electrons. The number of rotatable bonds is 6. The number of hydrogen-bond acceptors (Lipinski definition) is 4. The molecule has 28 heavy (non-hydrogen) atoms. The molecule has 0 bridgehead atoms. The van der Waals surface area contributed by atoms with E-state index in [-0.39, 0.29) is 25.0 Å². The topological polar surface area (TPSA) is 67.9 Å². The number of hydrogen-bond donors (Lipinski definition) is 1. The average molecular weight is 380 g/mol. The lowest BCUT2D eigenvalue weighted by atomic mass is 9.93. The van der Waals surface area contributed by atoms with Crippen LogP contribution in [-0.4, -0.2) is 31.6 Å². The minimum atomic E-state index is -0.658. The fraction of sp³-hybridized carbons (Fsp3) is 0.273. The fourth-order valence-corrected chi connectivity index (χ4v) is 2.90. The summed E-state index contributed by atoms with van der Waals surface area (Å²) in [7, 11) is 0. The van der Waals surface area contributed by atoms with Gasteiger partial charge in [-0.05, 0) is 38.1 Å². The van der Waals surface area contributed by atoms with E-state index in [0.717, 1.165) is 0 Å². The first-order valence-electron chi connectivity index (χ1n) is 9.08. The highest BCUT2D eigenvalue weighted by Crippen LogP contribution is 2.38. The van der Waals surface area contributed by atoms with E-state index in [1.807, 2.05) is 32.0 Å². The smallest absolute Gasteiger partial charge is 0.262 e. The molecule has 3 rings (SSSR count). The summed E-state index contributed by atoms with van der Waals surface area (Å²) in [4.78, 5) is 26.7. The van der Waals surface area contributed by atoms with Crippen molar-refractivity contribution in [1.29, 1.82) is 0 Å². The largest absolute Gasteiger partial charge is 0.490 e. The number of carbonyl (C=O) groups excluding carboxylic acids is 2. The van der Waals surface area contributed by atoms with Gasteiger partial charge in [0, 0.05) is 18.3 Å². The Balaban J connectivity index is 1.73. The van der Waals surface area contributed by atoms with Crippen LogP contribution in [0.15, 0.2) is 61.2 Å². The van der Waals surface area contributed by atoms with Crippen LogP contribution >= 0.6 is 0 Å². The predicted molar refractivity (Wildman–Crippen MR) is 109 cm³/mol. The van der Waals surface area contributed by atoms with Gasteiger partial charge < -0.3 is 19.7 Å². The van der Waals surface area contributed by atoms with E-state index >= 15 is 0 Å². The second kappa shape index (κ2) is 8.17. The number of fused-ring (bicyclic) bond motifs is 1. The minimum absolute atomic E-state index is 0.0285. The van der Waals surface area contributed by atoms with Crippen LogP contribution in [0.5, 0.6) is 11.5 Å². The van der Waals surface area contributed by atoms with Gasteiger partial charge in [0.25, 0.3) is 5.91 Å². The Morgan fingerprint density at radius 1 is 1.29 bits per heavy atom. The van der Waals surface area contributed by atoms with Crippen molar-refractivity contribution in [2.75, 3.05) is 30.0 Å².